The molecular weight excluding hydrogens is 238 g/mol. The van der Waals surface area contributed by atoms with Gasteiger partial charge < -0.3 is 9.72 Å². The van der Waals surface area contributed by atoms with E-state index >= 15 is 0 Å². The van der Waals surface area contributed by atoms with Gasteiger partial charge in [0.05, 0.1) is 0 Å². The Morgan fingerprint density at radius 3 is 3.05 bits per heavy atom. The molecule has 1 atom stereocenters. The molecule has 1 aliphatic heterocycles. The van der Waals surface area contributed by atoms with Gasteiger partial charge in [-0.2, -0.15) is 0 Å². The van der Waals surface area contributed by atoms with Gasteiger partial charge in [-0.3, -0.25) is 4.90 Å². The summed E-state index contributed by atoms with van der Waals surface area (Å²) in [6, 6.07) is 8.28. The fourth-order valence-corrected chi connectivity index (χ4v) is 2.59. The number of aromatic amines is 1. The summed E-state index contributed by atoms with van der Waals surface area (Å²) in [6.45, 7) is 6.81. The molecule has 2 aromatic rings. The molecule has 0 spiro atoms. The second kappa shape index (κ2) is 5.05. The molecular formula is C15H19N3O. The van der Waals surface area contributed by atoms with Gasteiger partial charge in [0.15, 0.2) is 0 Å². The molecule has 0 bridgehead atoms. The number of H-pyrrole nitrogens is 1. The SMILES string of the molecule is Cc1ncc(CN2Cc3ccccc3OC(C)C2)[nH]1. The highest BCUT2D eigenvalue weighted by molar-refractivity contribution is 5.34. The summed E-state index contributed by atoms with van der Waals surface area (Å²) in [6.07, 6.45) is 2.12. The summed E-state index contributed by atoms with van der Waals surface area (Å²) in [5.41, 5.74) is 2.41. The van der Waals surface area contributed by atoms with Crippen molar-refractivity contribution in [3.63, 3.8) is 0 Å². The van der Waals surface area contributed by atoms with Crippen molar-refractivity contribution in [2.45, 2.75) is 33.0 Å². The largest absolute Gasteiger partial charge is 0.489 e. The fraction of sp³-hybridized carbons (Fsp3) is 0.400. The van der Waals surface area contributed by atoms with Crippen molar-refractivity contribution in [3.05, 3.63) is 47.5 Å². The quantitative estimate of drug-likeness (QED) is 0.898. The number of nitrogens with zero attached hydrogens (tertiary/aromatic N) is 2. The molecule has 1 aliphatic rings. The number of hydrogen-bond donors (Lipinski definition) is 1. The lowest BCUT2D eigenvalue weighted by Crippen LogP contribution is -2.30. The van der Waals surface area contributed by atoms with Crippen LogP contribution < -0.4 is 4.74 Å². The molecule has 0 amide bonds. The van der Waals surface area contributed by atoms with E-state index in [0.717, 1.165) is 36.9 Å². The van der Waals surface area contributed by atoms with Gasteiger partial charge in [-0.15, -0.1) is 0 Å². The summed E-state index contributed by atoms with van der Waals surface area (Å²) in [5.74, 6) is 1.98. The van der Waals surface area contributed by atoms with Crippen LogP contribution in [0.1, 0.15) is 24.0 Å². The topological polar surface area (TPSA) is 41.2 Å². The number of aromatic nitrogens is 2. The molecule has 0 aliphatic carbocycles. The van der Waals surface area contributed by atoms with Gasteiger partial charge in [-0.05, 0) is 19.9 Å². The summed E-state index contributed by atoms with van der Waals surface area (Å²) < 4.78 is 5.96. The highest BCUT2D eigenvalue weighted by Gasteiger charge is 2.20. The van der Waals surface area contributed by atoms with Crippen molar-refractivity contribution in [1.29, 1.82) is 0 Å². The van der Waals surface area contributed by atoms with E-state index in [2.05, 4.69) is 40.0 Å². The minimum atomic E-state index is 0.202. The number of rotatable bonds is 2. The zero-order valence-corrected chi connectivity index (χ0v) is 11.4. The maximum Gasteiger partial charge on any atom is 0.124 e. The minimum Gasteiger partial charge on any atom is -0.489 e. The lowest BCUT2D eigenvalue weighted by Gasteiger charge is -2.20. The van der Waals surface area contributed by atoms with Crippen molar-refractivity contribution >= 4 is 0 Å². The van der Waals surface area contributed by atoms with Crippen LogP contribution in [0.5, 0.6) is 5.75 Å². The summed E-state index contributed by atoms with van der Waals surface area (Å²) in [7, 11) is 0. The lowest BCUT2D eigenvalue weighted by molar-refractivity contribution is 0.155. The standard InChI is InChI=1S/C15H19N3O/c1-11-8-18(10-14-7-16-12(2)17-14)9-13-5-3-4-6-15(13)19-11/h3-7,11H,8-10H2,1-2H3,(H,16,17). The molecule has 1 aromatic carbocycles. The van der Waals surface area contributed by atoms with Crippen LogP contribution in [0.2, 0.25) is 0 Å². The molecule has 4 heteroatoms. The van der Waals surface area contributed by atoms with E-state index in [0.29, 0.717) is 0 Å². The Bertz CT molecular complexity index is 564. The van der Waals surface area contributed by atoms with Crippen LogP contribution in [0.15, 0.2) is 30.5 Å². The van der Waals surface area contributed by atoms with Crippen molar-refractivity contribution < 1.29 is 4.74 Å². The second-order valence-corrected chi connectivity index (χ2v) is 5.20. The third-order valence-electron chi connectivity index (χ3n) is 3.36. The molecule has 0 fully saturated rings. The van der Waals surface area contributed by atoms with Crippen molar-refractivity contribution in [3.8, 4) is 5.75 Å². The number of ether oxygens (including phenoxy) is 1. The van der Waals surface area contributed by atoms with Gasteiger partial charge in [-0.25, -0.2) is 4.98 Å². The number of hydrogen-bond acceptors (Lipinski definition) is 3. The number of para-hydroxylation sites is 1. The monoisotopic (exact) mass is 257 g/mol. The highest BCUT2D eigenvalue weighted by Crippen LogP contribution is 2.25. The van der Waals surface area contributed by atoms with Crippen molar-refractivity contribution in [2.24, 2.45) is 0 Å². The lowest BCUT2D eigenvalue weighted by atomic mass is 10.2. The van der Waals surface area contributed by atoms with E-state index in [1.165, 1.54) is 5.56 Å². The Kier molecular flexibility index (Phi) is 3.25. The Labute approximate surface area is 113 Å². The number of fused-ring (bicyclic) bond motifs is 1. The van der Waals surface area contributed by atoms with Crippen molar-refractivity contribution in [1.82, 2.24) is 14.9 Å². The van der Waals surface area contributed by atoms with Crippen LogP contribution in [0.25, 0.3) is 0 Å². The smallest absolute Gasteiger partial charge is 0.124 e. The molecule has 19 heavy (non-hydrogen) atoms. The van der Waals surface area contributed by atoms with E-state index in [1.54, 1.807) is 0 Å². The van der Waals surface area contributed by atoms with Gasteiger partial charge in [0.25, 0.3) is 0 Å². The van der Waals surface area contributed by atoms with E-state index in [-0.39, 0.29) is 6.10 Å². The molecule has 0 radical (unpaired) electrons. The average Bonchev–Trinajstić information content (AvgIpc) is 2.69. The van der Waals surface area contributed by atoms with E-state index in [4.69, 9.17) is 4.74 Å². The fourth-order valence-electron chi connectivity index (χ4n) is 2.59. The van der Waals surface area contributed by atoms with Gasteiger partial charge in [-0.1, -0.05) is 18.2 Å². The summed E-state index contributed by atoms with van der Waals surface area (Å²) in [5, 5.41) is 0. The molecule has 100 valence electrons. The average molecular weight is 257 g/mol. The Hall–Kier alpha value is -1.81. The Morgan fingerprint density at radius 2 is 2.26 bits per heavy atom. The highest BCUT2D eigenvalue weighted by atomic mass is 16.5. The van der Waals surface area contributed by atoms with Crippen LogP contribution in [0.3, 0.4) is 0 Å². The maximum absolute atomic E-state index is 5.96. The van der Waals surface area contributed by atoms with Crippen LogP contribution in [0, 0.1) is 6.92 Å². The first kappa shape index (κ1) is 12.2. The molecule has 3 rings (SSSR count). The number of benzene rings is 1. The number of imidazole rings is 1. The minimum absolute atomic E-state index is 0.202. The first-order chi connectivity index (χ1) is 9.20. The predicted molar refractivity (Wildman–Crippen MR) is 74.0 cm³/mol. The molecule has 0 saturated heterocycles. The van der Waals surface area contributed by atoms with E-state index in [1.807, 2.05) is 19.2 Å². The first-order valence-electron chi connectivity index (χ1n) is 6.68. The van der Waals surface area contributed by atoms with Gasteiger partial charge in [0.1, 0.15) is 17.7 Å². The number of nitrogens with one attached hydrogen (secondary N) is 1. The molecule has 1 N–H and O–H groups in total. The van der Waals surface area contributed by atoms with Crippen LogP contribution in [-0.2, 0) is 13.1 Å². The first-order valence-corrected chi connectivity index (χ1v) is 6.68. The van der Waals surface area contributed by atoms with E-state index < -0.39 is 0 Å². The molecule has 4 nitrogen and oxygen atoms in total. The number of aryl methyl sites for hydroxylation is 1. The zero-order chi connectivity index (χ0) is 13.2. The third-order valence-corrected chi connectivity index (χ3v) is 3.36. The predicted octanol–water partition coefficient (Wildman–Crippen LogP) is 2.50. The maximum atomic E-state index is 5.96. The Balaban J connectivity index is 1.79. The van der Waals surface area contributed by atoms with Crippen molar-refractivity contribution in [2.75, 3.05) is 6.54 Å². The normalized spacial score (nSPS) is 19.6. The Morgan fingerprint density at radius 1 is 1.42 bits per heavy atom. The van der Waals surface area contributed by atoms with Crippen LogP contribution in [-0.4, -0.2) is 27.5 Å². The molecule has 1 aromatic heterocycles. The second-order valence-electron chi connectivity index (χ2n) is 5.20. The third kappa shape index (κ3) is 2.79. The molecule has 0 saturated carbocycles. The van der Waals surface area contributed by atoms with Gasteiger partial charge in [0.2, 0.25) is 0 Å². The van der Waals surface area contributed by atoms with E-state index in [9.17, 15) is 0 Å². The van der Waals surface area contributed by atoms with Crippen LogP contribution >= 0.6 is 0 Å². The zero-order valence-electron chi connectivity index (χ0n) is 11.4. The molecule has 1 unspecified atom stereocenters. The molecule has 2 heterocycles. The van der Waals surface area contributed by atoms with Gasteiger partial charge >= 0.3 is 0 Å². The summed E-state index contributed by atoms with van der Waals surface area (Å²) in [4.78, 5) is 9.94. The van der Waals surface area contributed by atoms with Crippen LogP contribution in [0.4, 0.5) is 0 Å². The van der Waals surface area contributed by atoms with Gasteiger partial charge in [0, 0.05) is 37.1 Å². The summed E-state index contributed by atoms with van der Waals surface area (Å²) >= 11 is 0.